The third-order valence-electron chi connectivity index (χ3n) is 2.69. The molecule has 1 amide bonds. The van der Waals surface area contributed by atoms with Gasteiger partial charge < -0.3 is 10.6 Å². The monoisotopic (exact) mass is 170 g/mol. The minimum Gasteiger partial charge on any atom is -0.341 e. The molecule has 3 nitrogen and oxygen atoms in total. The van der Waals surface area contributed by atoms with E-state index < -0.39 is 0 Å². The molecule has 1 heterocycles. The van der Waals surface area contributed by atoms with Crippen LogP contribution in [-0.2, 0) is 4.79 Å². The van der Waals surface area contributed by atoms with Crippen LogP contribution in [0, 0.1) is 11.8 Å². The molecule has 1 rings (SSSR count). The van der Waals surface area contributed by atoms with Crippen molar-refractivity contribution < 1.29 is 4.79 Å². The fourth-order valence-electron chi connectivity index (χ4n) is 1.69. The van der Waals surface area contributed by atoms with Gasteiger partial charge in [-0.05, 0) is 18.3 Å². The van der Waals surface area contributed by atoms with E-state index >= 15 is 0 Å². The molecule has 12 heavy (non-hydrogen) atoms. The standard InChI is InChI=1S/C9H18N2O/c1-7(2)8-3-4-11(6-8)9(12)5-10/h7-8H,3-6,10H2,1-2H3/t8-/m0/s1. The van der Waals surface area contributed by atoms with Gasteiger partial charge in [-0.3, -0.25) is 4.79 Å². The molecular weight excluding hydrogens is 152 g/mol. The second-order valence-electron chi connectivity index (χ2n) is 3.84. The molecule has 2 N–H and O–H groups in total. The van der Waals surface area contributed by atoms with Gasteiger partial charge in [0, 0.05) is 13.1 Å². The first-order chi connectivity index (χ1) is 5.65. The Morgan fingerprint density at radius 1 is 1.67 bits per heavy atom. The molecule has 1 fully saturated rings. The van der Waals surface area contributed by atoms with Gasteiger partial charge in [-0.2, -0.15) is 0 Å². The van der Waals surface area contributed by atoms with Gasteiger partial charge >= 0.3 is 0 Å². The van der Waals surface area contributed by atoms with Crippen LogP contribution in [0.15, 0.2) is 0 Å². The van der Waals surface area contributed by atoms with Crippen molar-refractivity contribution in [3.05, 3.63) is 0 Å². The summed E-state index contributed by atoms with van der Waals surface area (Å²) in [6, 6.07) is 0. The molecule has 1 saturated heterocycles. The molecule has 0 radical (unpaired) electrons. The van der Waals surface area contributed by atoms with Gasteiger partial charge in [0.1, 0.15) is 0 Å². The zero-order chi connectivity index (χ0) is 9.14. The number of hydrogen-bond donors (Lipinski definition) is 1. The van der Waals surface area contributed by atoms with Crippen molar-refractivity contribution in [2.24, 2.45) is 17.6 Å². The first kappa shape index (κ1) is 9.52. The summed E-state index contributed by atoms with van der Waals surface area (Å²) in [5.41, 5.74) is 5.28. The van der Waals surface area contributed by atoms with E-state index in [-0.39, 0.29) is 12.5 Å². The number of nitrogens with two attached hydrogens (primary N) is 1. The topological polar surface area (TPSA) is 46.3 Å². The van der Waals surface area contributed by atoms with Gasteiger partial charge in [-0.15, -0.1) is 0 Å². The summed E-state index contributed by atoms with van der Waals surface area (Å²) in [5.74, 6) is 1.46. The molecule has 0 aromatic heterocycles. The largest absolute Gasteiger partial charge is 0.341 e. The lowest BCUT2D eigenvalue weighted by molar-refractivity contribution is -0.128. The first-order valence-electron chi connectivity index (χ1n) is 4.63. The summed E-state index contributed by atoms with van der Waals surface area (Å²) in [6.45, 7) is 6.39. The normalized spacial score (nSPS) is 23.7. The van der Waals surface area contributed by atoms with Crippen molar-refractivity contribution >= 4 is 5.91 Å². The van der Waals surface area contributed by atoms with Crippen molar-refractivity contribution in [1.82, 2.24) is 4.90 Å². The van der Waals surface area contributed by atoms with Crippen LogP contribution in [0.2, 0.25) is 0 Å². The van der Waals surface area contributed by atoms with Crippen LogP contribution in [0.1, 0.15) is 20.3 Å². The SMILES string of the molecule is CC(C)[C@H]1CCN(C(=O)CN)C1. The summed E-state index contributed by atoms with van der Waals surface area (Å²) in [5, 5.41) is 0. The molecule has 70 valence electrons. The second kappa shape index (κ2) is 3.90. The van der Waals surface area contributed by atoms with E-state index in [0.717, 1.165) is 19.5 Å². The molecule has 0 aromatic carbocycles. The smallest absolute Gasteiger partial charge is 0.236 e. The molecule has 1 atom stereocenters. The predicted octanol–water partition coefficient (Wildman–Crippen LogP) is 0.450. The quantitative estimate of drug-likeness (QED) is 0.654. The van der Waals surface area contributed by atoms with Crippen molar-refractivity contribution in [2.75, 3.05) is 19.6 Å². The second-order valence-corrected chi connectivity index (χ2v) is 3.84. The van der Waals surface area contributed by atoms with E-state index in [1.165, 1.54) is 0 Å². The Hall–Kier alpha value is -0.570. The molecule has 0 aliphatic carbocycles. The average Bonchev–Trinajstić information content (AvgIpc) is 2.51. The lowest BCUT2D eigenvalue weighted by atomic mass is 9.95. The highest BCUT2D eigenvalue weighted by Gasteiger charge is 2.26. The number of amides is 1. The Kier molecular flexibility index (Phi) is 3.09. The summed E-state index contributed by atoms with van der Waals surface area (Å²) in [4.78, 5) is 13.1. The number of carbonyl (C=O) groups excluding carboxylic acids is 1. The van der Waals surface area contributed by atoms with Crippen molar-refractivity contribution in [3.63, 3.8) is 0 Å². The summed E-state index contributed by atoms with van der Waals surface area (Å²) in [7, 11) is 0. The van der Waals surface area contributed by atoms with Gasteiger partial charge in [-0.25, -0.2) is 0 Å². The minimum atomic E-state index is 0.0955. The van der Waals surface area contributed by atoms with Gasteiger partial charge in [0.05, 0.1) is 6.54 Å². The fraction of sp³-hybridized carbons (Fsp3) is 0.889. The maximum absolute atomic E-state index is 11.2. The van der Waals surface area contributed by atoms with Crippen LogP contribution < -0.4 is 5.73 Å². The Morgan fingerprint density at radius 2 is 2.33 bits per heavy atom. The van der Waals surface area contributed by atoms with E-state index in [0.29, 0.717) is 11.8 Å². The molecule has 0 aromatic rings. The van der Waals surface area contributed by atoms with Gasteiger partial charge in [0.2, 0.25) is 5.91 Å². The molecular formula is C9H18N2O. The van der Waals surface area contributed by atoms with Crippen molar-refractivity contribution in [3.8, 4) is 0 Å². The van der Waals surface area contributed by atoms with Crippen LogP contribution in [0.3, 0.4) is 0 Å². The van der Waals surface area contributed by atoms with Crippen LogP contribution in [0.4, 0.5) is 0 Å². The minimum absolute atomic E-state index is 0.0955. The summed E-state index contributed by atoms with van der Waals surface area (Å²) < 4.78 is 0. The van der Waals surface area contributed by atoms with E-state index in [2.05, 4.69) is 13.8 Å². The molecule has 0 bridgehead atoms. The molecule has 3 heteroatoms. The lowest BCUT2D eigenvalue weighted by Gasteiger charge is -2.17. The first-order valence-corrected chi connectivity index (χ1v) is 4.63. The Balaban J connectivity index is 2.40. The van der Waals surface area contributed by atoms with E-state index in [4.69, 9.17) is 5.73 Å². The van der Waals surface area contributed by atoms with Crippen LogP contribution in [-0.4, -0.2) is 30.4 Å². The number of hydrogen-bond acceptors (Lipinski definition) is 2. The van der Waals surface area contributed by atoms with E-state index in [9.17, 15) is 4.79 Å². The van der Waals surface area contributed by atoms with Crippen LogP contribution >= 0.6 is 0 Å². The molecule has 0 unspecified atom stereocenters. The Bertz CT molecular complexity index is 168. The Labute approximate surface area is 73.9 Å². The summed E-state index contributed by atoms with van der Waals surface area (Å²) >= 11 is 0. The van der Waals surface area contributed by atoms with E-state index in [1.807, 2.05) is 4.90 Å². The van der Waals surface area contributed by atoms with Crippen LogP contribution in [0.25, 0.3) is 0 Å². The highest BCUT2D eigenvalue weighted by molar-refractivity contribution is 5.78. The van der Waals surface area contributed by atoms with E-state index in [1.54, 1.807) is 0 Å². The van der Waals surface area contributed by atoms with Crippen LogP contribution in [0.5, 0.6) is 0 Å². The van der Waals surface area contributed by atoms with Gasteiger partial charge in [-0.1, -0.05) is 13.8 Å². The maximum atomic E-state index is 11.2. The molecule has 0 saturated carbocycles. The highest BCUT2D eigenvalue weighted by atomic mass is 16.2. The molecule has 1 aliphatic heterocycles. The maximum Gasteiger partial charge on any atom is 0.236 e. The Morgan fingerprint density at radius 3 is 2.75 bits per heavy atom. The predicted molar refractivity (Wildman–Crippen MR) is 48.6 cm³/mol. The number of carbonyl (C=O) groups is 1. The fourth-order valence-corrected chi connectivity index (χ4v) is 1.69. The lowest BCUT2D eigenvalue weighted by Crippen LogP contribution is -2.34. The van der Waals surface area contributed by atoms with Gasteiger partial charge in [0.15, 0.2) is 0 Å². The molecule has 1 aliphatic rings. The third-order valence-corrected chi connectivity index (χ3v) is 2.69. The highest BCUT2D eigenvalue weighted by Crippen LogP contribution is 2.23. The zero-order valence-corrected chi connectivity index (χ0v) is 7.92. The average molecular weight is 170 g/mol. The number of nitrogens with zero attached hydrogens (tertiary/aromatic N) is 1. The molecule has 0 spiro atoms. The van der Waals surface area contributed by atoms with Gasteiger partial charge in [0.25, 0.3) is 0 Å². The zero-order valence-electron chi connectivity index (χ0n) is 7.92. The van der Waals surface area contributed by atoms with Crippen molar-refractivity contribution in [1.29, 1.82) is 0 Å². The summed E-state index contributed by atoms with van der Waals surface area (Å²) in [6.07, 6.45) is 1.14. The number of rotatable bonds is 2. The third kappa shape index (κ3) is 1.97. The van der Waals surface area contributed by atoms with Crippen molar-refractivity contribution in [2.45, 2.75) is 20.3 Å². The number of likely N-dealkylation sites (tertiary alicyclic amines) is 1.